The van der Waals surface area contributed by atoms with Gasteiger partial charge < -0.3 is 10.2 Å². The van der Waals surface area contributed by atoms with Gasteiger partial charge in [0.2, 0.25) is 11.8 Å². The average Bonchev–Trinajstić information content (AvgIpc) is 2.92. The molecule has 0 radical (unpaired) electrons. The number of aryl methyl sites for hydroxylation is 1. The summed E-state index contributed by atoms with van der Waals surface area (Å²) in [4.78, 5) is 47.2. The third-order valence-electron chi connectivity index (χ3n) is 10.5. The molecule has 1 unspecified atom stereocenters. The van der Waals surface area contributed by atoms with Gasteiger partial charge in [0.1, 0.15) is 11.9 Å². The summed E-state index contributed by atoms with van der Waals surface area (Å²) >= 11 is 0. The molecule has 40 heavy (non-hydrogen) atoms. The van der Waals surface area contributed by atoms with E-state index in [4.69, 9.17) is 0 Å². The highest BCUT2D eigenvalue weighted by Gasteiger charge is 2.50. The van der Waals surface area contributed by atoms with E-state index < -0.39 is 11.9 Å². The maximum atomic E-state index is 13.5. The number of nitrogens with zero attached hydrogens (tertiary/aromatic N) is 4. The molecule has 0 spiro atoms. The number of amides is 2. The Bertz CT molecular complexity index is 1340. The summed E-state index contributed by atoms with van der Waals surface area (Å²) in [5.41, 5.74) is 1.89. The largest absolute Gasteiger partial charge is 0.369 e. The minimum Gasteiger partial charge on any atom is -0.369 e. The molecule has 6 aliphatic rings. The van der Waals surface area contributed by atoms with Crippen LogP contribution in [0.2, 0.25) is 0 Å². The summed E-state index contributed by atoms with van der Waals surface area (Å²) in [5.74, 6) is 2.74. The molecule has 214 valence electrons. The Morgan fingerprint density at radius 2 is 1.70 bits per heavy atom. The highest BCUT2D eigenvalue weighted by Crippen LogP contribution is 2.55. The van der Waals surface area contributed by atoms with Gasteiger partial charge in [0.25, 0.3) is 5.56 Å². The minimum absolute atomic E-state index is 0.219. The molecule has 2 aromatic rings. The molecule has 4 bridgehead atoms. The quantitative estimate of drug-likeness (QED) is 0.407. The topological polar surface area (TPSA) is 99.6 Å². The zero-order valence-corrected chi connectivity index (χ0v) is 23.7. The van der Waals surface area contributed by atoms with Crippen molar-refractivity contribution in [2.24, 2.45) is 17.8 Å². The first-order valence-electron chi connectivity index (χ1n) is 15.4. The van der Waals surface area contributed by atoms with Crippen molar-refractivity contribution in [2.75, 3.05) is 44.2 Å². The van der Waals surface area contributed by atoms with E-state index in [2.05, 4.69) is 31.5 Å². The lowest BCUT2D eigenvalue weighted by Gasteiger charge is -2.57. The molecule has 2 aliphatic heterocycles. The number of benzene rings is 1. The standard InChI is InChI=1S/C31H42N6O3/c1-20-33-26-4-3-24(16-25(26)30(40)37(20)27-5-6-28(38)34-29(27)39)36-11-9-35(10-12-36)8-2-7-32-31-17-21-13-22(18-31)15-23(14-21)19-31/h3-4,16,21-23,27,32H,2,5-15,17-19H2,1H3,(H,34,38,39). The van der Waals surface area contributed by atoms with E-state index in [-0.39, 0.29) is 17.9 Å². The number of hydrogen-bond donors (Lipinski definition) is 2. The van der Waals surface area contributed by atoms with Crippen LogP contribution in [0.1, 0.15) is 69.7 Å². The van der Waals surface area contributed by atoms with Crippen LogP contribution in [0.15, 0.2) is 23.0 Å². The van der Waals surface area contributed by atoms with Crippen LogP contribution in [0.5, 0.6) is 0 Å². The van der Waals surface area contributed by atoms with Gasteiger partial charge in [-0.25, -0.2) is 4.98 Å². The number of fused-ring (bicyclic) bond motifs is 1. The van der Waals surface area contributed by atoms with Crippen molar-refractivity contribution in [2.45, 2.75) is 76.3 Å². The van der Waals surface area contributed by atoms with Crippen LogP contribution in [0.25, 0.3) is 10.9 Å². The normalized spacial score (nSPS) is 32.2. The maximum absolute atomic E-state index is 13.5. The Balaban J connectivity index is 0.956. The van der Waals surface area contributed by atoms with Crippen LogP contribution in [0.3, 0.4) is 0 Å². The maximum Gasteiger partial charge on any atom is 0.262 e. The van der Waals surface area contributed by atoms with Gasteiger partial charge in [-0.05, 0) is 107 Å². The summed E-state index contributed by atoms with van der Waals surface area (Å²) < 4.78 is 1.46. The second kappa shape index (κ2) is 10.2. The molecule has 4 aliphatic carbocycles. The lowest BCUT2D eigenvalue weighted by Crippen LogP contribution is -2.58. The molecule has 1 atom stereocenters. The summed E-state index contributed by atoms with van der Waals surface area (Å²) in [7, 11) is 0. The molecule has 9 heteroatoms. The minimum atomic E-state index is -0.702. The van der Waals surface area contributed by atoms with Crippen LogP contribution >= 0.6 is 0 Å². The average molecular weight is 547 g/mol. The van der Waals surface area contributed by atoms with Crippen molar-refractivity contribution >= 4 is 28.4 Å². The van der Waals surface area contributed by atoms with Crippen molar-refractivity contribution in [3.63, 3.8) is 0 Å². The SMILES string of the molecule is Cc1nc2ccc(N3CCN(CCCNC45CC6CC(CC(C6)C4)C5)CC3)cc2c(=O)n1C1CCC(=O)NC1=O. The van der Waals surface area contributed by atoms with Gasteiger partial charge in [-0.2, -0.15) is 0 Å². The highest BCUT2D eigenvalue weighted by molar-refractivity contribution is 5.99. The van der Waals surface area contributed by atoms with Gasteiger partial charge in [-0.1, -0.05) is 0 Å². The number of imide groups is 1. The Labute approximate surface area is 235 Å². The number of piperidine rings is 1. The monoisotopic (exact) mass is 546 g/mol. The number of nitrogens with one attached hydrogen (secondary N) is 2. The fourth-order valence-corrected chi connectivity index (χ4v) is 9.00. The summed E-state index contributed by atoms with van der Waals surface area (Å²) in [6.07, 6.45) is 10.5. The molecular weight excluding hydrogens is 504 g/mol. The molecule has 2 N–H and O–H groups in total. The predicted octanol–water partition coefficient (Wildman–Crippen LogP) is 2.75. The third-order valence-corrected chi connectivity index (χ3v) is 10.5. The first kappa shape index (κ1) is 26.1. The molecule has 4 saturated carbocycles. The number of carbonyl (C=O) groups is 2. The van der Waals surface area contributed by atoms with Gasteiger partial charge in [-0.15, -0.1) is 0 Å². The number of hydrogen-bond acceptors (Lipinski definition) is 7. The zero-order valence-electron chi connectivity index (χ0n) is 23.7. The van der Waals surface area contributed by atoms with Crippen molar-refractivity contribution in [1.29, 1.82) is 0 Å². The third kappa shape index (κ3) is 4.85. The molecular formula is C31H42N6O3. The molecule has 6 fully saturated rings. The van der Waals surface area contributed by atoms with Crippen LogP contribution in [-0.2, 0) is 9.59 Å². The fourth-order valence-electron chi connectivity index (χ4n) is 9.00. The smallest absolute Gasteiger partial charge is 0.262 e. The summed E-state index contributed by atoms with van der Waals surface area (Å²) in [6.45, 7) is 7.89. The Morgan fingerprint density at radius 1 is 1.00 bits per heavy atom. The zero-order chi connectivity index (χ0) is 27.4. The van der Waals surface area contributed by atoms with Crippen LogP contribution < -0.4 is 21.1 Å². The molecule has 9 nitrogen and oxygen atoms in total. The lowest BCUT2D eigenvalue weighted by molar-refractivity contribution is -0.135. The number of rotatable bonds is 7. The van der Waals surface area contributed by atoms with Crippen LogP contribution in [-0.4, -0.2) is 71.1 Å². The van der Waals surface area contributed by atoms with Gasteiger partial charge in [0.15, 0.2) is 0 Å². The molecule has 2 amide bonds. The Hall–Kier alpha value is -2.78. The molecule has 8 rings (SSSR count). The van der Waals surface area contributed by atoms with Gasteiger partial charge in [0.05, 0.1) is 10.9 Å². The van der Waals surface area contributed by atoms with Crippen molar-refractivity contribution in [1.82, 2.24) is 25.1 Å². The lowest BCUT2D eigenvalue weighted by atomic mass is 9.53. The van der Waals surface area contributed by atoms with Crippen LogP contribution in [0.4, 0.5) is 5.69 Å². The van der Waals surface area contributed by atoms with E-state index in [1.807, 2.05) is 12.1 Å². The molecule has 1 aromatic carbocycles. The van der Waals surface area contributed by atoms with E-state index in [9.17, 15) is 14.4 Å². The second-order valence-electron chi connectivity index (χ2n) is 13.3. The van der Waals surface area contributed by atoms with E-state index in [0.717, 1.165) is 62.7 Å². The van der Waals surface area contributed by atoms with E-state index in [1.54, 1.807) is 6.92 Å². The Kier molecular flexibility index (Phi) is 6.70. The van der Waals surface area contributed by atoms with Gasteiger partial charge >= 0.3 is 0 Å². The Morgan fingerprint density at radius 3 is 2.38 bits per heavy atom. The molecule has 1 aromatic heterocycles. The molecule has 2 saturated heterocycles. The van der Waals surface area contributed by atoms with E-state index in [1.165, 1.54) is 49.5 Å². The summed E-state index contributed by atoms with van der Waals surface area (Å²) in [6, 6.07) is 5.19. The van der Waals surface area contributed by atoms with Gasteiger partial charge in [0, 0.05) is 43.8 Å². The number of piperazine rings is 1. The first-order chi connectivity index (χ1) is 19.4. The van der Waals surface area contributed by atoms with Crippen molar-refractivity contribution in [3.8, 4) is 0 Å². The highest BCUT2D eigenvalue weighted by atomic mass is 16.2. The van der Waals surface area contributed by atoms with Crippen molar-refractivity contribution in [3.05, 3.63) is 34.4 Å². The van der Waals surface area contributed by atoms with Gasteiger partial charge in [-0.3, -0.25) is 29.2 Å². The fraction of sp³-hybridized carbons (Fsp3) is 0.677. The number of carbonyl (C=O) groups excluding carboxylic acids is 2. The van der Waals surface area contributed by atoms with Crippen LogP contribution in [0, 0.1) is 24.7 Å². The predicted molar refractivity (Wildman–Crippen MR) is 154 cm³/mol. The van der Waals surface area contributed by atoms with E-state index >= 15 is 0 Å². The van der Waals surface area contributed by atoms with Crippen molar-refractivity contribution < 1.29 is 9.59 Å². The summed E-state index contributed by atoms with van der Waals surface area (Å²) in [5, 5.41) is 6.93. The number of aromatic nitrogens is 2. The molecule has 3 heterocycles. The number of anilines is 1. The van der Waals surface area contributed by atoms with E-state index in [0.29, 0.717) is 28.7 Å². The first-order valence-corrected chi connectivity index (χ1v) is 15.4. The second-order valence-corrected chi connectivity index (χ2v) is 13.3.